The minimum atomic E-state index is 0.486. The maximum atomic E-state index is 5.81. The molecular formula is C13H17N3O2. The lowest BCUT2D eigenvalue weighted by molar-refractivity contribution is 0.395. The van der Waals surface area contributed by atoms with Gasteiger partial charge in [0.2, 0.25) is 5.95 Å². The van der Waals surface area contributed by atoms with Gasteiger partial charge in [0.1, 0.15) is 11.5 Å². The summed E-state index contributed by atoms with van der Waals surface area (Å²) < 4.78 is 12.4. The Morgan fingerprint density at radius 2 is 1.94 bits per heavy atom. The van der Waals surface area contributed by atoms with Crippen molar-refractivity contribution in [3.05, 3.63) is 23.9 Å². The number of hydrogen-bond donors (Lipinski definition) is 1. The van der Waals surface area contributed by atoms with E-state index in [4.69, 9.17) is 15.2 Å². The number of rotatable bonds is 3. The van der Waals surface area contributed by atoms with Crippen LogP contribution >= 0.6 is 0 Å². The molecule has 0 radical (unpaired) electrons. The highest BCUT2D eigenvalue weighted by Gasteiger charge is 2.16. The molecule has 5 nitrogen and oxygen atoms in total. The zero-order chi connectivity index (χ0) is 13.3. The first-order chi connectivity index (χ1) is 8.58. The number of aryl methyl sites for hydroxylation is 1. The first-order valence-corrected chi connectivity index (χ1v) is 5.59. The van der Waals surface area contributed by atoms with Gasteiger partial charge in [0, 0.05) is 18.7 Å². The molecule has 2 N–H and O–H groups in total. The van der Waals surface area contributed by atoms with E-state index < -0.39 is 0 Å². The van der Waals surface area contributed by atoms with Gasteiger partial charge in [0.25, 0.3) is 0 Å². The van der Waals surface area contributed by atoms with E-state index >= 15 is 0 Å². The molecule has 0 bridgehead atoms. The number of aromatic nitrogens is 2. The third-order valence-electron chi connectivity index (χ3n) is 2.97. The van der Waals surface area contributed by atoms with Crippen molar-refractivity contribution >= 4 is 5.95 Å². The molecule has 5 heteroatoms. The largest absolute Gasteiger partial charge is 0.497 e. The number of methoxy groups -OCH3 is 2. The third kappa shape index (κ3) is 1.88. The van der Waals surface area contributed by atoms with Gasteiger partial charge in [0.05, 0.1) is 25.6 Å². The first-order valence-electron chi connectivity index (χ1n) is 5.59. The minimum Gasteiger partial charge on any atom is -0.497 e. The van der Waals surface area contributed by atoms with Gasteiger partial charge < -0.3 is 19.8 Å². The second kappa shape index (κ2) is 4.60. The Bertz CT molecular complexity index is 576. The number of imidazole rings is 1. The minimum absolute atomic E-state index is 0.486. The molecule has 96 valence electrons. The van der Waals surface area contributed by atoms with Gasteiger partial charge in [-0.3, -0.25) is 0 Å². The molecule has 2 rings (SSSR count). The lowest BCUT2D eigenvalue weighted by atomic mass is 10.1. The van der Waals surface area contributed by atoms with Crippen LogP contribution in [0.3, 0.4) is 0 Å². The normalized spacial score (nSPS) is 10.4. The quantitative estimate of drug-likeness (QED) is 0.901. The molecule has 0 fully saturated rings. The molecule has 0 spiro atoms. The van der Waals surface area contributed by atoms with Crippen LogP contribution in [0.15, 0.2) is 18.2 Å². The summed E-state index contributed by atoms with van der Waals surface area (Å²) in [6, 6.07) is 5.68. The second-order valence-electron chi connectivity index (χ2n) is 4.03. The molecule has 0 aliphatic rings. The molecular weight excluding hydrogens is 230 g/mol. The number of nitrogen functional groups attached to an aromatic ring is 1. The van der Waals surface area contributed by atoms with Crippen molar-refractivity contribution < 1.29 is 9.47 Å². The fraction of sp³-hybridized carbons (Fsp3) is 0.308. The predicted molar refractivity (Wildman–Crippen MR) is 70.9 cm³/mol. The monoisotopic (exact) mass is 247 g/mol. The maximum absolute atomic E-state index is 5.81. The zero-order valence-corrected chi connectivity index (χ0v) is 11.0. The summed E-state index contributed by atoms with van der Waals surface area (Å²) in [6.45, 7) is 1.93. The Morgan fingerprint density at radius 1 is 1.22 bits per heavy atom. The first kappa shape index (κ1) is 12.3. The lowest BCUT2D eigenvalue weighted by Crippen LogP contribution is -2.00. The number of benzene rings is 1. The van der Waals surface area contributed by atoms with Crippen molar-refractivity contribution in [3.8, 4) is 22.8 Å². The van der Waals surface area contributed by atoms with Crippen LogP contribution in [0.2, 0.25) is 0 Å². The molecule has 0 atom stereocenters. The van der Waals surface area contributed by atoms with Crippen LogP contribution in [-0.4, -0.2) is 23.8 Å². The summed E-state index contributed by atoms with van der Waals surface area (Å²) >= 11 is 0. The third-order valence-corrected chi connectivity index (χ3v) is 2.97. The summed E-state index contributed by atoms with van der Waals surface area (Å²) in [6.07, 6.45) is 0. The van der Waals surface area contributed by atoms with E-state index in [1.807, 2.05) is 36.7 Å². The van der Waals surface area contributed by atoms with E-state index in [0.717, 1.165) is 28.5 Å². The summed E-state index contributed by atoms with van der Waals surface area (Å²) in [7, 11) is 5.14. The van der Waals surface area contributed by atoms with E-state index in [2.05, 4.69) is 4.98 Å². The van der Waals surface area contributed by atoms with Gasteiger partial charge in [0.15, 0.2) is 0 Å². The Labute approximate surface area is 106 Å². The molecule has 18 heavy (non-hydrogen) atoms. The Kier molecular flexibility index (Phi) is 3.14. The Hall–Kier alpha value is -2.17. The standard InChI is InChI=1S/C13H17N3O2/c1-8-12(16(2)13(14)15-8)10-6-5-9(17-3)7-11(10)18-4/h5-7H,1-4H3,(H2,14,15). The van der Waals surface area contributed by atoms with Gasteiger partial charge in [-0.1, -0.05) is 0 Å². The molecule has 2 aromatic rings. The van der Waals surface area contributed by atoms with Crippen LogP contribution in [0.4, 0.5) is 5.95 Å². The Morgan fingerprint density at radius 3 is 2.44 bits per heavy atom. The van der Waals surface area contributed by atoms with Crippen molar-refractivity contribution in [2.45, 2.75) is 6.92 Å². The van der Waals surface area contributed by atoms with E-state index in [1.54, 1.807) is 14.2 Å². The molecule has 0 aliphatic heterocycles. The molecule has 1 aromatic heterocycles. The van der Waals surface area contributed by atoms with Crippen LogP contribution in [-0.2, 0) is 7.05 Å². The number of nitrogens with zero attached hydrogens (tertiary/aromatic N) is 2. The van der Waals surface area contributed by atoms with Gasteiger partial charge in [-0.15, -0.1) is 0 Å². The smallest absolute Gasteiger partial charge is 0.200 e. The molecule has 0 saturated heterocycles. The summed E-state index contributed by atoms with van der Waals surface area (Å²) in [5.41, 5.74) is 8.58. The summed E-state index contributed by atoms with van der Waals surface area (Å²) in [4.78, 5) is 4.26. The molecule has 0 amide bonds. The SMILES string of the molecule is COc1ccc(-c2c(C)nc(N)n2C)c(OC)c1. The fourth-order valence-electron chi connectivity index (χ4n) is 2.03. The average molecular weight is 247 g/mol. The van der Waals surface area contributed by atoms with Gasteiger partial charge in [-0.05, 0) is 19.1 Å². The summed E-state index contributed by atoms with van der Waals surface area (Å²) in [5, 5.41) is 0. The second-order valence-corrected chi connectivity index (χ2v) is 4.03. The number of hydrogen-bond acceptors (Lipinski definition) is 4. The molecule has 1 heterocycles. The van der Waals surface area contributed by atoms with Crippen LogP contribution in [0.25, 0.3) is 11.3 Å². The Balaban J connectivity index is 2.63. The van der Waals surface area contributed by atoms with Crippen molar-refractivity contribution in [1.82, 2.24) is 9.55 Å². The van der Waals surface area contributed by atoms with Crippen molar-refractivity contribution in [3.63, 3.8) is 0 Å². The van der Waals surface area contributed by atoms with Crippen molar-refractivity contribution in [2.75, 3.05) is 20.0 Å². The van der Waals surface area contributed by atoms with E-state index in [1.165, 1.54) is 0 Å². The highest BCUT2D eigenvalue weighted by Crippen LogP contribution is 2.35. The van der Waals surface area contributed by atoms with Crippen molar-refractivity contribution in [2.24, 2.45) is 7.05 Å². The molecule has 0 saturated carbocycles. The molecule has 0 aliphatic carbocycles. The maximum Gasteiger partial charge on any atom is 0.200 e. The van der Waals surface area contributed by atoms with E-state index in [-0.39, 0.29) is 0 Å². The van der Waals surface area contributed by atoms with Crippen LogP contribution < -0.4 is 15.2 Å². The van der Waals surface area contributed by atoms with Crippen LogP contribution in [0.5, 0.6) is 11.5 Å². The van der Waals surface area contributed by atoms with Gasteiger partial charge >= 0.3 is 0 Å². The predicted octanol–water partition coefficient (Wildman–Crippen LogP) is 1.99. The summed E-state index contributed by atoms with van der Waals surface area (Å²) in [5.74, 6) is 1.98. The fourth-order valence-corrected chi connectivity index (χ4v) is 2.03. The van der Waals surface area contributed by atoms with E-state index in [0.29, 0.717) is 5.95 Å². The van der Waals surface area contributed by atoms with Gasteiger partial charge in [-0.25, -0.2) is 4.98 Å². The highest BCUT2D eigenvalue weighted by molar-refractivity contribution is 5.72. The average Bonchev–Trinajstić information content (AvgIpc) is 2.62. The van der Waals surface area contributed by atoms with Crippen LogP contribution in [0.1, 0.15) is 5.69 Å². The van der Waals surface area contributed by atoms with E-state index in [9.17, 15) is 0 Å². The topological polar surface area (TPSA) is 62.3 Å². The molecule has 1 aromatic carbocycles. The van der Waals surface area contributed by atoms with Gasteiger partial charge in [-0.2, -0.15) is 0 Å². The number of nitrogens with two attached hydrogens (primary N) is 1. The zero-order valence-electron chi connectivity index (χ0n) is 11.0. The molecule has 0 unspecified atom stereocenters. The number of ether oxygens (including phenoxy) is 2. The van der Waals surface area contributed by atoms with Crippen LogP contribution in [0, 0.1) is 6.92 Å². The number of anilines is 1. The van der Waals surface area contributed by atoms with Crippen molar-refractivity contribution in [1.29, 1.82) is 0 Å². The highest BCUT2D eigenvalue weighted by atomic mass is 16.5. The lowest BCUT2D eigenvalue weighted by Gasteiger charge is -2.11.